The topological polar surface area (TPSA) is 130 Å². The first-order valence-corrected chi connectivity index (χ1v) is 11.5. The second-order valence-corrected chi connectivity index (χ2v) is 8.72. The fourth-order valence-electron chi connectivity index (χ4n) is 3.51. The van der Waals surface area contributed by atoms with E-state index in [9.17, 15) is 0 Å². The standard InChI is InChI=1S/2C12H14N2.C2H2O4/c2*1-2-10-5-6-13-12(10)7-9(1)8-14-11-3-4-11;3-1(4)2(5)6/h2*1-2,5-7,11,13-14H,3-4,8H2;(H,3,4)(H,5,6). The van der Waals surface area contributed by atoms with E-state index in [4.69, 9.17) is 19.8 Å². The van der Waals surface area contributed by atoms with Gasteiger partial charge in [-0.2, -0.15) is 0 Å². The van der Waals surface area contributed by atoms with E-state index < -0.39 is 11.9 Å². The smallest absolute Gasteiger partial charge is 0.414 e. The van der Waals surface area contributed by atoms with Crippen molar-refractivity contribution in [3.8, 4) is 0 Å². The molecule has 2 aliphatic carbocycles. The molecular formula is C26H30N4O4. The van der Waals surface area contributed by atoms with Gasteiger partial charge >= 0.3 is 11.9 Å². The van der Waals surface area contributed by atoms with E-state index in [1.807, 2.05) is 12.4 Å². The number of rotatable bonds is 6. The largest absolute Gasteiger partial charge is 0.473 e. The van der Waals surface area contributed by atoms with Crippen LogP contribution in [0.25, 0.3) is 21.8 Å². The molecule has 4 aromatic rings. The summed E-state index contributed by atoms with van der Waals surface area (Å²) in [5.41, 5.74) is 5.21. The van der Waals surface area contributed by atoms with E-state index in [0.29, 0.717) is 0 Å². The van der Waals surface area contributed by atoms with Crippen LogP contribution in [0, 0.1) is 0 Å². The molecule has 8 heteroatoms. The molecular weight excluding hydrogens is 432 g/mol. The molecule has 0 aliphatic heterocycles. The second kappa shape index (κ2) is 11.0. The van der Waals surface area contributed by atoms with E-state index in [1.165, 1.54) is 58.6 Å². The average Bonchev–Trinajstić information content (AvgIpc) is 3.75. The minimum atomic E-state index is -1.82. The molecule has 8 nitrogen and oxygen atoms in total. The number of hydrogen-bond acceptors (Lipinski definition) is 4. The molecule has 0 bridgehead atoms. The van der Waals surface area contributed by atoms with Gasteiger partial charge in [-0.05, 0) is 71.8 Å². The Morgan fingerprint density at radius 1 is 0.706 bits per heavy atom. The number of aliphatic carboxylic acids is 2. The van der Waals surface area contributed by atoms with Gasteiger partial charge in [0, 0.05) is 48.6 Å². The summed E-state index contributed by atoms with van der Waals surface area (Å²) in [6, 6.07) is 19.0. The Hall–Kier alpha value is -3.62. The summed E-state index contributed by atoms with van der Waals surface area (Å²) in [4.78, 5) is 24.7. The molecule has 0 saturated heterocycles. The van der Waals surface area contributed by atoms with Crippen molar-refractivity contribution in [2.75, 3.05) is 0 Å². The third kappa shape index (κ3) is 7.19. The van der Waals surface area contributed by atoms with Crippen molar-refractivity contribution in [2.45, 2.75) is 50.9 Å². The lowest BCUT2D eigenvalue weighted by Gasteiger charge is -2.02. The summed E-state index contributed by atoms with van der Waals surface area (Å²) >= 11 is 0. The summed E-state index contributed by atoms with van der Waals surface area (Å²) in [5, 5.41) is 24.4. The minimum absolute atomic E-state index is 0.786. The quantitative estimate of drug-likeness (QED) is 0.240. The summed E-state index contributed by atoms with van der Waals surface area (Å²) in [6.45, 7) is 2.00. The molecule has 0 atom stereocenters. The van der Waals surface area contributed by atoms with Gasteiger partial charge in [0.15, 0.2) is 0 Å². The highest BCUT2D eigenvalue weighted by Gasteiger charge is 2.20. The van der Waals surface area contributed by atoms with Crippen molar-refractivity contribution >= 4 is 33.7 Å². The lowest BCUT2D eigenvalue weighted by molar-refractivity contribution is -0.159. The lowest BCUT2D eigenvalue weighted by Crippen LogP contribution is -2.15. The van der Waals surface area contributed by atoms with Crippen LogP contribution in [0.1, 0.15) is 36.8 Å². The third-order valence-electron chi connectivity index (χ3n) is 5.77. The highest BCUT2D eigenvalue weighted by molar-refractivity contribution is 6.27. The van der Waals surface area contributed by atoms with Gasteiger partial charge in [0.25, 0.3) is 0 Å². The predicted molar refractivity (Wildman–Crippen MR) is 132 cm³/mol. The number of carbonyl (C=O) groups is 2. The number of carboxylic acids is 2. The van der Waals surface area contributed by atoms with E-state index in [-0.39, 0.29) is 0 Å². The molecule has 0 amide bonds. The number of hydrogen-bond donors (Lipinski definition) is 6. The van der Waals surface area contributed by atoms with Crippen molar-refractivity contribution in [2.24, 2.45) is 0 Å². The fourth-order valence-corrected chi connectivity index (χ4v) is 3.51. The number of nitrogens with one attached hydrogen (secondary N) is 4. The Morgan fingerprint density at radius 3 is 1.47 bits per heavy atom. The maximum Gasteiger partial charge on any atom is 0.414 e. The molecule has 2 aromatic carbocycles. The number of fused-ring (bicyclic) bond motifs is 2. The second-order valence-electron chi connectivity index (χ2n) is 8.72. The molecule has 178 valence electrons. The van der Waals surface area contributed by atoms with Crippen molar-refractivity contribution in [1.29, 1.82) is 0 Å². The summed E-state index contributed by atoms with van der Waals surface area (Å²) < 4.78 is 0. The molecule has 6 rings (SSSR count). The molecule has 0 unspecified atom stereocenters. The van der Waals surface area contributed by atoms with E-state index >= 15 is 0 Å². The highest BCUT2D eigenvalue weighted by Crippen LogP contribution is 2.21. The van der Waals surface area contributed by atoms with Crippen LogP contribution in [-0.2, 0) is 22.7 Å². The van der Waals surface area contributed by atoms with Gasteiger partial charge in [0.05, 0.1) is 0 Å². The van der Waals surface area contributed by atoms with Crippen LogP contribution < -0.4 is 10.6 Å². The first-order chi connectivity index (χ1) is 16.5. The SMILES string of the molecule is O=C(O)C(=O)O.c1cc2ccc(CNC3CC3)cc2[nH]1.c1cc2ccc(CNC3CC3)cc2[nH]1. The Labute approximate surface area is 197 Å². The van der Waals surface area contributed by atoms with Crippen LogP contribution in [0.3, 0.4) is 0 Å². The van der Waals surface area contributed by atoms with E-state index in [1.54, 1.807) is 0 Å². The highest BCUT2D eigenvalue weighted by atomic mass is 16.4. The Morgan fingerprint density at radius 2 is 1.12 bits per heavy atom. The van der Waals surface area contributed by atoms with Crippen molar-refractivity contribution in [3.05, 3.63) is 72.1 Å². The minimum Gasteiger partial charge on any atom is -0.473 e. The zero-order valence-electron chi connectivity index (χ0n) is 18.9. The van der Waals surface area contributed by atoms with Gasteiger partial charge in [0.1, 0.15) is 0 Å². The number of benzene rings is 2. The monoisotopic (exact) mass is 462 g/mol. The molecule has 2 saturated carbocycles. The average molecular weight is 463 g/mol. The Kier molecular flexibility index (Phi) is 7.61. The van der Waals surface area contributed by atoms with Crippen LogP contribution in [0.5, 0.6) is 0 Å². The van der Waals surface area contributed by atoms with Crippen molar-refractivity contribution in [1.82, 2.24) is 20.6 Å². The van der Waals surface area contributed by atoms with Gasteiger partial charge in [-0.25, -0.2) is 9.59 Å². The van der Waals surface area contributed by atoms with Crippen molar-refractivity contribution in [3.63, 3.8) is 0 Å². The van der Waals surface area contributed by atoms with Crippen LogP contribution in [-0.4, -0.2) is 44.2 Å². The molecule has 34 heavy (non-hydrogen) atoms. The Balaban J connectivity index is 0.000000132. The molecule has 0 spiro atoms. The number of aromatic nitrogens is 2. The summed E-state index contributed by atoms with van der Waals surface area (Å²) in [6.07, 6.45) is 9.39. The molecule has 2 aliphatic rings. The summed E-state index contributed by atoms with van der Waals surface area (Å²) in [5.74, 6) is -3.65. The zero-order chi connectivity index (χ0) is 23.9. The first-order valence-electron chi connectivity index (χ1n) is 11.5. The first kappa shape index (κ1) is 23.5. The van der Waals surface area contributed by atoms with Crippen LogP contribution in [0.2, 0.25) is 0 Å². The molecule has 2 aromatic heterocycles. The number of carboxylic acid groups (broad SMARTS) is 2. The van der Waals surface area contributed by atoms with Gasteiger partial charge in [-0.15, -0.1) is 0 Å². The molecule has 6 N–H and O–H groups in total. The number of H-pyrrole nitrogens is 2. The maximum absolute atomic E-state index is 9.10. The van der Waals surface area contributed by atoms with Gasteiger partial charge in [-0.3, -0.25) is 0 Å². The van der Waals surface area contributed by atoms with Gasteiger partial charge < -0.3 is 30.8 Å². The maximum atomic E-state index is 9.10. The number of aromatic amines is 2. The zero-order valence-corrected chi connectivity index (χ0v) is 18.9. The van der Waals surface area contributed by atoms with Gasteiger partial charge in [0.2, 0.25) is 0 Å². The normalized spacial score (nSPS) is 14.7. The van der Waals surface area contributed by atoms with Crippen LogP contribution in [0.4, 0.5) is 0 Å². The van der Waals surface area contributed by atoms with Crippen LogP contribution in [0.15, 0.2) is 60.9 Å². The Bertz CT molecular complexity index is 1160. The van der Waals surface area contributed by atoms with Crippen LogP contribution >= 0.6 is 0 Å². The fraction of sp³-hybridized carbons (Fsp3) is 0.308. The molecule has 0 radical (unpaired) electrons. The summed E-state index contributed by atoms with van der Waals surface area (Å²) in [7, 11) is 0. The third-order valence-corrected chi connectivity index (χ3v) is 5.77. The van der Waals surface area contributed by atoms with Gasteiger partial charge in [-0.1, -0.05) is 24.3 Å². The molecule has 2 heterocycles. The van der Waals surface area contributed by atoms with E-state index in [2.05, 4.69) is 69.1 Å². The molecule has 2 fully saturated rings. The lowest BCUT2D eigenvalue weighted by atomic mass is 10.1. The van der Waals surface area contributed by atoms with E-state index in [0.717, 1.165) is 25.2 Å². The predicted octanol–water partition coefficient (Wildman–Crippen LogP) is 4.00. The van der Waals surface area contributed by atoms with Crippen molar-refractivity contribution < 1.29 is 19.8 Å².